The van der Waals surface area contributed by atoms with Gasteiger partial charge in [0.1, 0.15) is 5.82 Å². The number of hydrogen-bond donors (Lipinski definition) is 1. The Bertz CT molecular complexity index is 813. The molecule has 1 heterocycles. The standard InChI is InChI=1S/C23H30FN3O/c1-17(2)20-9-6-7-18(3)22(20)25-23(28)27-15-13-26(14-16-27)12-11-19-8-4-5-10-21(19)24/h4-10,17H,11-16H2,1-3H3,(H,25,28). The summed E-state index contributed by atoms with van der Waals surface area (Å²) in [5.41, 5.74) is 3.94. The van der Waals surface area contributed by atoms with Crippen molar-refractivity contribution in [2.24, 2.45) is 0 Å². The number of anilines is 1. The number of benzene rings is 2. The van der Waals surface area contributed by atoms with E-state index in [2.05, 4.69) is 30.1 Å². The maximum absolute atomic E-state index is 13.8. The molecule has 1 N–H and O–H groups in total. The lowest BCUT2D eigenvalue weighted by Crippen LogP contribution is -2.50. The fourth-order valence-electron chi connectivity index (χ4n) is 3.68. The Morgan fingerprint density at radius 1 is 1.07 bits per heavy atom. The second kappa shape index (κ2) is 9.20. The minimum absolute atomic E-state index is 0.0371. The molecule has 1 aliphatic rings. The van der Waals surface area contributed by atoms with Crippen LogP contribution in [0.15, 0.2) is 42.5 Å². The van der Waals surface area contributed by atoms with Crippen LogP contribution in [0.25, 0.3) is 0 Å². The summed E-state index contributed by atoms with van der Waals surface area (Å²) in [4.78, 5) is 16.9. The molecule has 0 aromatic heterocycles. The molecule has 1 fully saturated rings. The van der Waals surface area contributed by atoms with Crippen LogP contribution in [-0.4, -0.2) is 48.6 Å². The van der Waals surface area contributed by atoms with Crippen LogP contribution >= 0.6 is 0 Å². The molecule has 0 unspecified atom stereocenters. The van der Waals surface area contributed by atoms with Gasteiger partial charge in [0, 0.05) is 38.4 Å². The number of amides is 2. The Morgan fingerprint density at radius 2 is 1.79 bits per heavy atom. The van der Waals surface area contributed by atoms with Gasteiger partial charge in [-0.2, -0.15) is 0 Å². The van der Waals surface area contributed by atoms with E-state index < -0.39 is 0 Å². The van der Waals surface area contributed by atoms with Crippen molar-refractivity contribution in [2.45, 2.75) is 33.1 Å². The van der Waals surface area contributed by atoms with Crippen LogP contribution in [0.1, 0.15) is 36.5 Å². The lowest BCUT2D eigenvalue weighted by molar-refractivity contribution is 0.148. The highest BCUT2D eigenvalue weighted by atomic mass is 19.1. The van der Waals surface area contributed by atoms with E-state index in [9.17, 15) is 9.18 Å². The molecular formula is C23H30FN3O. The van der Waals surface area contributed by atoms with E-state index in [0.29, 0.717) is 25.4 Å². The highest BCUT2D eigenvalue weighted by molar-refractivity contribution is 5.91. The normalized spacial score (nSPS) is 15.1. The average Bonchev–Trinajstić information content (AvgIpc) is 2.69. The number of halogens is 1. The van der Waals surface area contributed by atoms with Crippen molar-refractivity contribution in [1.82, 2.24) is 9.80 Å². The van der Waals surface area contributed by atoms with Crippen LogP contribution in [0.3, 0.4) is 0 Å². The number of urea groups is 1. The molecule has 5 heteroatoms. The van der Waals surface area contributed by atoms with Crippen LogP contribution in [-0.2, 0) is 6.42 Å². The van der Waals surface area contributed by atoms with Crippen molar-refractivity contribution in [3.63, 3.8) is 0 Å². The number of para-hydroxylation sites is 1. The maximum atomic E-state index is 13.8. The Hall–Kier alpha value is -2.40. The first-order valence-corrected chi connectivity index (χ1v) is 10.1. The van der Waals surface area contributed by atoms with Crippen molar-refractivity contribution in [3.05, 3.63) is 65.0 Å². The Labute approximate surface area is 167 Å². The number of piperazine rings is 1. The molecule has 0 bridgehead atoms. The summed E-state index contributed by atoms with van der Waals surface area (Å²) in [6.45, 7) is 10.1. The summed E-state index contributed by atoms with van der Waals surface area (Å²) < 4.78 is 13.8. The molecule has 1 aliphatic heterocycles. The smallest absolute Gasteiger partial charge is 0.321 e. The first kappa shape index (κ1) is 20.3. The van der Waals surface area contributed by atoms with Crippen molar-refractivity contribution in [1.29, 1.82) is 0 Å². The fourth-order valence-corrected chi connectivity index (χ4v) is 3.68. The maximum Gasteiger partial charge on any atom is 0.321 e. The number of carbonyl (C=O) groups excluding carboxylic acids is 1. The average molecular weight is 384 g/mol. The first-order valence-electron chi connectivity index (χ1n) is 10.1. The zero-order valence-corrected chi connectivity index (χ0v) is 17.0. The third kappa shape index (κ3) is 4.90. The Morgan fingerprint density at radius 3 is 2.46 bits per heavy atom. The minimum Gasteiger partial charge on any atom is -0.322 e. The number of rotatable bonds is 5. The van der Waals surface area contributed by atoms with Gasteiger partial charge in [-0.1, -0.05) is 50.2 Å². The molecule has 0 radical (unpaired) electrons. The van der Waals surface area contributed by atoms with Crippen molar-refractivity contribution in [3.8, 4) is 0 Å². The summed E-state index contributed by atoms with van der Waals surface area (Å²) in [5.74, 6) is 0.213. The SMILES string of the molecule is Cc1cccc(C(C)C)c1NC(=O)N1CCN(CCc2ccccc2F)CC1. The minimum atomic E-state index is -0.139. The Kier molecular flexibility index (Phi) is 6.68. The second-order valence-electron chi connectivity index (χ2n) is 7.79. The van der Waals surface area contributed by atoms with Gasteiger partial charge in [0.2, 0.25) is 0 Å². The zero-order valence-electron chi connectivity index (χ0n) is 17.0. The third-order valence-corrected chi connectivity index (χ3v) is 5.47. The van der Waals surface area contributed by atoms with Crippen LogP contribution in [0.2, 0.25) is 0 Å². The largest absolute Gasteiger partial charge is 0.322 e. The van der Waals surface area contributed by atoms with E-state index in [1.54, 1.807) is 6.07 Å². The summed E-state index contributed by atoms with van der Waals surface area (Å²) in [7, 11) is 0. The number of hydrogen-bond acceptors (Lipinski definition) is 2. The molecule has 28 heavy (non-hydrogen) atoms. The van der Waals surface area contributed by atoms with Gasteiger partial charge < -0.3 is 10.2 Å². The highest BCUT2D eigenvalue weighted by Crippen LogP contribution is 2.27. The van der Waals surface area contributed by atoms with Crippen molar-refractivity contribution >= 4 is 11.7 Å². The van der Waals surface area contributed by atoms with Crippen molar-refractivity contribution in [2.75, 3.05) is 38.0 Å². The first-order chi connectivity index (χ1) is 13.5. The summed E-state index contributed by atoms with van der Waals surface area (Å²) in [5, 5.41) is 3.13. The van der Waals surface area contributed by atoms with Crippen LogP contribution in [0.5, 0.6) is 0 Å². The van der Waals surface area contributed by atoms with E-state index >= 15 is 0 Å². The predicted octanol–water partition coefficient (Wildman–Crippen LogP) is 4.65. The molecule has 0 aliphatic carbocycles. The monoisotopic (exact) mass is 383 g/mol. The summed E-state index contributed by atoms with van der Waals surface area (Å²) >= 11 is 0. The Balaban J connectivity index is 1.53. The molecule has 0 spiro atoms. The van der Waals surface area contributed by atoms with E-state index in [-0.39, 0.29) is 11.8 Å². The second-order valence-corrected chi connectivity index (χ2v) is 7.79. The quantitative estimate of drug-likeness (QED) is 0.816. The number of carbonyl (C=O) groups is 1. The van der Waals surface area contributed by atoms with Gasteiger partial charge in [0.15, 0.2) is 0 Å². The topological polar surface area (TPSA) is 35.6 Å². The van der Waals surface area contributed by atoms with Crippen LogP contribution < -0.4 is 5.32 Å². The molecular weight excluding hydrogens is 353 g/mol. The number of aryl methyl sites for hydroxylation is 1. The van der Waals surface area contributed by atoms with Crippen LogP contribution in [0.4, 0.5) is 14.9 Å². The molecule has 150 valence electrons. The molecule has 0 atom stereocenters. The van der Waals surface area contributed by atoms with Gasteiger partial charge in [0.25, 0.3) is 0 Å². The van der Waals surface area contributed by atoms with Crippen molar-refractivity contribution < 1.29 is 9.18 Å². The van der Waals surface area contributed by atoms with Gasteiger partial charge in [-0.3, -0.25) is 4.90 Å². The molecule has 1 saturated heterocycles. The molecule has 2 amide bonds. The van der Waals surface area contributed by atoms with Gasteiger partial charge in [-0.05, 0) is 42.0 Å². The highest BCUT2D eigenvalue weighted by Gasteiger charge is 2.22. The lowest BCUT2D eigenvalue weighted by Gasteiger charge is -2.35. The molecule has 0 saturated carbocycles. The summed E-state index contributed by atoms with van der Waals surface area (Å²) in [6.07, 6.45) is 0.694. The predicted molar refractivity (Wildman–Crippen MR) is 112 cm³/mol. The van der Waals surface area contributed by atoms with Gasteiger partial charge >= 0.3 is 6.03 Å². The third-order valence-electron chi connectivity index (χ3n) is 5.47. The fraction of sp³-hybridized carbons (Fsp3) is 0.435. The molecule has 3 rings (SSSR count). The lowest BCUT2D eigenvalue weighted by atomic mass is 9.98. The van der Waals surface area contributed by atoms with Gasteiger partial charge in [0.05, 0.1) is 0 Å². The molecule has 2 aromatic carbocycles. The van der Waals surface area contributed by atoms with Crippen LogP contribution in [0, 0.1) is 12.7 Å². The zero-order chi connectivity index (χ0) is 20.1. The number of nitrogens with zero attached hydrogens (tertiary/aromatic N) is 2. The molecule has 2 aromatic rings. The van der Waals surface area contributed by atoms with E-state index in [1.165, 1.54) is 6.07 Å². The molecule has 4 nitrogen and oxygen atoms in total. The van der Waals surface area contributed by atoms with Gasteiger partial charge in [-0.25, -0.2) is 9.18 Å². The number of nitrogens with one attached hydrogen (secondary N) is 1. The summed E-state index contributed by atoms with van der Waals surface area (Å²) in [6, 6.07) is 13.0. The van der Waals surface area contributed by atoms with E-state index in [4.69, 9.17) is 0 Å². The van der Waals surface area contributed by atoms with E-state index in [1.807, 2.05) is 36.1 Å². The van der Waals surface area contributed by atoms with Gasteiger partial charge in [-0.15, -0.1) is 0 Å². The van der Waals surface area contributed by atoms with E-state index in [0.717, 1.165) is 42.0 Å².